The third-order valence-corrected chi connectivity index (χ3v) is 5.55. The first kappa shape index (κ1) is 17.1. The second-order valence-electron chi connectivity index (χ2n) is 4.97. The Kier molecular flexibility index (Phi) is 5.30. The van der Waals surface area contributed by atoms with Crippen molar-refractivity contribution in [2.75, 3.05) is 0 Å². The molecule has 24 heavy (non-hydrogen) atoms. The molecule has 0 aliphatic heterocycles. The molecule has 4 nitrogen and oxygen atoms in total. The van der Waals surface area contributed by atoms with Crippen LogP contribution in [0.1, 0.15) is 5.56 Å². The lowest BCUT2D eigenvalue weighted by Crippen LogP contribution is -2.08. The number of fused-ring (bicyclic) bond motifs is 1. The highest BCUT2D eigenvalue weighted by Crippen LogP contribution is 2.29. The molecule has 0 N–H and O–H groups in total. The number of hydrogen-bond donors (Lipinski definition) is 0. The van der Waals surface area contributed by atoms with Crippen LogP contribution in [0.25, 0.3) is 10.8 Å². The topological polar surface area (TPSA) is 52.6 Å². The van der Waals surface area contributed by atoms with Gasteiger partial charge in [-0.25, -0.2) is 4.21 Å². The average molecular weight is 381 g/mol. The zero-order valence-electron chi connectivity index (χ0n) is 12.6. The number of rotatable bonds is 5. The van der Waals surface area contributed by atoms with Crippen LogP contribution in [-0.2, 0) is 26.1 Å². The number of halogens is 1. The highest BCUT2D eigenvalue weighted by atomic mass is 35.5. The van der Waals surface area contributed by atoms with Crippen LogP contribution in [0.15, 0.2) is 65.6 Å². The maximum absolute atomic E-state index is 12.0. The molecule has 124 valence electrons. The van der Waals surface area contributed by atoms with E-state index in [9.17, 15) is 8.42 Å². The molecular formula is C17H13ClO4S2. The van der Waals surface area contributed by atoms with E-state index in [-0.39, 0.29) is 0 Å². The summed E-state index contributed by atoms with van der Waals surface area (Å²) in [5.74, 6) is 0.405. The van der Waals surface area contributed by atoms with E-state index < -0.39 is 22.4 Å². The molecule has 2 unspecified atom stereocenters. The number of benzene rings is 3. The molecule has 0 aromatic heterocycles. The van der Waals surface area contributed by atoms with E-state index in [2.05, 4.69) is 0 Å². The Hall–Kier alpha value is -1.73. The van der Waals surface area contributed by atoms with Crippen LogP contribution < -0.4 is 4.18 Å². The van der Waals surface area contributed by atoms with Crippen LogP contribution >= 0.6 is 11.6 Å². The second kappa shape index (κ2) is 7.44. The van der Waals surface area contributed by atoms with E-state index in [0.717, 1.165) is 16.3 Å². The molecule has 0 radical (unpaired) electrons. The first-order chi connectivity index (χ1) is 11.5. The summed E-state index contributed by atoms with van der Waals surface area (Å²) in [6, 6.07) is 17.4. The van der Waals surface area contributed by atoms with Gasteiger partial charge in [-0.3, -0.25) is 0 Å². The molecule has 0 saturated heterocycles. The SMILES string of the molecule is Cc1ccc(OS(=O)OS(=O)c2ccc(Cl)cc2)c2ccccc12. The van der Waals surface area contributed by atoms with E-state index in [1.54, 1.807) is 18.2 Å². The zero-order valence-corrected chi connectivity index (χ0v) is 15.0. The molecule has 0 aliphatic rings. The van der Waals surface area contributed by atoms with Crippen molar-refractivity contribution in [3.8, 4) is 5.75 Å². The molecule has 7 heteroatoms. The molecular weight excluding hydrogens is 368 g/mol. The highest BCUT2D eigenvalue weighted by Gasteiger charge is 2.14. The van der Waals surface area contributed by atoms with Crippen LogP contribution in [0, 0.1) is 6.92 Å². The predicted molar refractivity (Wildman–Crippen MR) is 96.4 cm³/mol. The van der Waals surface area contributed by atoms with Crippen LogP contribution in [0.4, 0.5) is 0 Å². The van der Waals surface area contributed by atoms with Gasteiger partial charge in [-0.05, 0) is 48.2 Å². The lowest BCUT2D eigenvalue weighted by atomic mass is 10.1. The largest absolute Gasteiger partial charge is 0.379 e. The Morgan fingerprint density at radius 2 is 1.54 bits per heavy atom. The van der Waals surface area contributed by atoms with E-state index in [1.807, 2.05) is 37.3 Å². The standard InChI is InChI=1S/C17H13ClO4S2/c1-12-6-11-17(16-5-3-2-4-15(12)16)21-24(20)22-23(19)14-9-7-13(18)8-10-14/h2-11H,1H3. The molecule has 0 saturated carbocycles. The smallest absolute Gasteiger partial charge is 0.374 e. The Bertz CT molecular complexity index is 926. The average Bonchev–Trinajstić information content (AvgIpc) is 2.58. The second-order valence-corrected chi connectivity index (χ2v) is 7.47. The molecule has 2 atom stereocenters. The Morgan fingerprint density at radius 3 is 2.25 bits per heavy atom. The lowest BCUT2D eigenvalue weighted by Gasteiger charge is -2.09. The third kappa shape index (κ3) is 3.84. The van der Waals surface area contributed by atoms with E-state index in [0.29, 0.717) is 15.7 Å². The van der Waals surface area contributed by atoms with Crippen molar-refractivity contribution in [2.24, 2.45) is 0 Å². The van der Waals surface area contributed by atoms with Gasteiger partial charge < -0.3 is 4.18 Å². The number of aryl methyl sites for hydroxylation is 1. The summed E-state index contributed by atoms with van der Waals surface area (Å²) >= 11 is 1.65. The van der Waals surface area contributed by atoms with Gasteiger partial charge in [0.1, 0.15) is 0 Å². The summed E-state index contributed by atoms with van der Waals surface area (Å²) in [6.45, 7) is 1.98. The molecule has 3 aromatic carbocycles. The lowest BCUT2D eigenvalue weighted by molar-refractivity contribution is 0.476. The molecule has 0 heterocycles. The van der Waals surface area contributed by atoms with Crippen LogP contribution in [0.2, 0.25) is 5.02 Å². The summed E-state index contributed by atoms with van der Waals surface area (Å²) in [6.07, 6.45) is 0. The van der Waals surface area contributed by atoms with Gasteiger partial charge in [0, 0.05) is 10.4 Å². The van der Waals surface area contributed by atoms with Crippen molar-refractivity contribution < 1.29 is 16.2 Å². The monoisotopic (exact) mass is 380 g/mol. The fourth-order valence-corrected chi connectivity index (χ4v) is 3.82. The quantitative estimate of drug-likeness (QED) is 0.654. The Labute approximate surface area is 149 Å². The minimum Gasteiger partial charge on any atom is -0.379 e. The van der Waals surface area contributed by atoms with Gasteiger partial charge >= 0.3 is 11.4 Å². The van der Waals surface area contributed by atoms with Gasteiger partial charge in [0.25, 0.3) is 0 Å². The molecule has 0 aliphatic carbocycles. The van der Waals surface area contributed by atoms with Crippen molar-refractivity contribution >= 4 is 44.8 Å². The van der Waals surface area contributed by atoms with Crippen molar-refractivity contribution in [2.45, 2.75) is 11.8 Å². The summed E-state index contributed by atoms with van der Waals surface area (Å²) in [7, 11) is 0. The van der Waals surface area contributed by atoms with Gasteiger partial charge in [0.05, 0.1) is 4.90 Å². The summed E-state index contributed by atoms with van der Waals surface area (Å²) in [5, 5.41) is 2.32. The van der Waals surface area contributed by atoms with Gasteiger partial charge in [-0.15, -0.1) is 0 Å². The normalized spacial score (nSPS) is 13.6. The maximum Gasteiger partial charge on any atom is 0.374 e. The third-order valence-electron chi connectivity index (χ3n) is 3.38. The van der Waals surface area contributed by atoms with Gasteiger partial charge in [-0.1, -0.05) is 41.9 Å². The Balaban J connectivity index is 1.77. The van der Waals surface area contributed by atoms with E-state index in [1.165, 1.54) is 12.1 Å². The van der Waals surface area contributed by atoms with E-state index in [4.69, 9.17) is 19.4 Å². The first-order valence-electron chi connectivity index (χ1n) is 6.99. The predicted octanol–water partition coefficient (Wildman–Crippen LogP) is 4.50. The minimum atomic E-state index is -2.20. The fourth-order valence-electron chi connectivity index (χ4n) is 2.22. The molecule has 0 bridgehead atoms. The van der Waals surface area contributed by atoms with Crippen molar-refractivity contribution in [3.63, 3.8) is 0 Å². The maximum atomic E-state index is 12.0. The van der Waals surface area contributed by atoms with E-state index >= 15 is 0 Å². The molecule has 0 fully saturated rings. The Morgan fingerprint density at radius 1 is 0.875 bits per heavy atom. The summed E-state index contributed by atoms with van der Waals surface area (Å²) in [5.41, 5.74) is 1.08. The van der Waals surface area contributed by atoms with Crippen LogP contribution in [-0.4, -0.2) is 8.42 Å². The van der Waals surface area contributed by atoms with Crippen LogP contribution in [0.5, 0.6) is 5.75 Å². The molecule has 0 amide bonds. The van der Waals surface area contributed by atoms with Gasteiger partial charge in [0.2, 0.25) is 11.1 Å². The highest BCUT2D eigenvalue weighted by molar-refractivity contribution is 7.91. The zero-order chi connectivity index (χ0) is 17.1. The first-order valence-corrected chi connectivity index (χ1v) is 9.44. The fraction of sp³-hybridized carbons (Fsp3) is 0.0588. The van der Waals surface area contributed by atoms with Gasteiger partial charge in [0.15, 0.2) is 5.75 Å². The minimum absolute atomic E-state index is 0.352. The summed E-state index contributed by atoms with van der Waals surface area (Å²) < 4.78 is 34.4. The van der Waals surface area contributed by atoms with Crippen molar-refractivity contribution in [3.05, 3.63) is 71.2 Å². The van der Waals surface area contributed by atoms with Crippen molar-refractivity contribution in [1.29, 1.82) is 0 Å². The van der Waals surface area contributed by atoms with Crippen molar-refractivity contribution in [1.82, 2.24) is 0 Å². The number of hydrogen-bond acceptors (Lipinski definition) is 4. The van der Waals surface area contributed by atoms with Gasteiger partial charge in [-0.2, -0.15) is 7.84 Å². The molecule has 0 spiro atoms. The van der Waals surface area contributed by atoms with Crippen LogP contribution in [0.3, 0.4) is 0 Å². The molecule has 3 aromatic rings. The molecule has 3 rings (SSSR count). The summed E-state index contributed by atoms with van der Waals surface area (Å²) in [4.78, 5) is 0.352.